The van der Waals surface area contributed by atoms with Crippen LogP contribution in [0.2, 0.25) is 0 Å². The molecule has 0 aromatic heterocycles. The lowest BCUT2D eigenvalue weighted by Crippen LogP contribution is -2.36. The number of alkyl halides is 7. The molecule has 1 atom stereocenters. The van der Waals surface area contributed by atoms with Crippen LogP contribution in [0, 0.1) is 5.92 Å². The molecule has 0 saturated carbocycles. The molecule has 0 radical (unpaired) electrons. The largest absolute Gasteiger partial charge is 0.400 e. The van der Waals surface area contributed by atoms with Gasteiger partial charge in [0.1, 0.15) is 0 Å². The van der Waals surface area contributed by atoms with Crippen LogP contribution in [0.4, 0.5) is 26.3 Å². The summed E-state index contributed by atoms with van der Waals surface area (Å²) in [5, 5.41) is 0. The van der Waals surface area contributed by atoms with Crippen molar-refractivity contribution >= 4 is 22.6 Å². The Morgan fingerprint density at radius 3 is 1.62 bits per heavy atom. The minimum atomic E-state index is -5.19. The molecular weight excluding hydrogens is 349 g/mol. The van der Waals surface area contributed by atoms with Crippen molar-refractivity contribution in [2.45, 2.75) is 48.9 Å². The van der Waals surface area contributed by atoms with Gasteiger partial charge in [-0.1, -0.05) is 35.9 Å². The summed E-state index contributed by atoms with van der Waals surface area (Å²) in [6.45, 7) is 1.84. The van der Waals surface area contributed by atoms with Crippen molar-refractivity contribution in [3.63, 3.8) is 0 Å². The van der Waals surface area contributed by atoms with Crippen LogP contribution in [0.25, 0.3) is 0 Å². The second-order valence-electron chi connectivity index (χ2n) is 3.60. The van der Waals surface area contributed by atoms with Gasteiger partial charge in [-0.25, -0.2) is 0 Å². The van der Waals surface area contributed by atoms with Gasteiger partial charge in [0, 0.05) is 3.92 Å². The molecule has 0 saturated heterocycles. The molecule has 0 aliphatic heterocycles. The smallest absolute Gasteiger partial charge is 0.170 e. The monoisotopic (exact) mass is 362 g/mol. The van der Waals surface area contributed by atoms with E-state index in [1.807, 2.05) is 29.5 Å². The Labute approximate surface area is 104 Å². The van der Waals surface area contributed by atoms with Gasteiger partial charge in [0.05, 0.1) is 0 Å². The highest BCUT2D eigenvalue weighted by Crippen LogP contribution is 2.42. The van der Waals surface area contributed by atoms with E-state index in [2.05, 4.69) is 0 Å². The topological polar surface area (TPSA) is 0 Å². The quantitative estimate of drug-likeness (QED) is 0.362. The molecule has 0 aromatic carbocycles. The van der Waals surface area contributed by atoms with Crippen LogP contribution in [0.5, 0.6) is 0 Å². The zero-order valence-electron chi connectivity index (χ0n) is 8.63. The van der Waals surface area contributed by atoms with Gasteiger partial charge < -0.3 is 0 Å². The van der Waals surface area contributed by atoms with Crippen molar-refractivity contribution in [2.75, 3.05) is 0 Å². The second kappa shape index (κ2) is 6.30. The fraction of sp³-hybridized carbons (Fsp3) is 1.00. The van der Waals surface area contributed by atoms with Crippen LogP contribution < -0.4 is 0 Å². The zero-order chi connectivity index (χ0) is 13.0. The van der Waals surface area contributed by atoms with Crippen LogP contribution in [0.15, 0.2) is 0 Å². The van der Waals surface area contributed by atoms with Gasteiger partial charge in [-0.3, -0.25) is 0 Å². The molecule has 0 aliphatic carbocycles. The van der Waals surface area contributed by atoms with Crippen molar-refractivity contribution < 1.29 is 26.3 Å². The molecule has 0 spiro atoms. The fourth-order valence-corrected chi connectivity index (χ4v) is 2.30. The predicted octanol–water partition coefficient (Wildman–Crippen LogP) is 5.11. The first-order valence-corrected chi connectivity index (χ1v) is 6.11. The minimum absolute atomic E-state index is 0.0575. The number of hydrogen-bond acceptors (Lipinski definition) is 0. The Morgan fingerprint density at radius 1 is 0.875 bits per heavy atom. The Balaban J connectivity index is 4.36. The van der Waals surface area contributed by atoms with Gasteiger partial charge in [0.15, 0.2) is 5.92 Å². The molecule has 0 aromatic rings. The van der Waals surface area contributed by atoms with E-state index in [1.165, 1.54) is 0 Å². The molecular formula is C9H13F6I. The minimum Gasteiger partial charge on any atom is -0.170 e. The third-order valence-corrected chi connectivity index (χ3v) is 3.41. The summed E-state index contributed by atoms with van der Waals surface area (Å²) < 4.78 is 72.6. The van der Waals surface area contributed by atoms with E-state index < -0.39 is 24.7 Å². The number of halogens is 7. The fourth-order valence-electron chi connectivity index (χ4n) is 1.32. The molecule has 0 rings (SSSR count). The van der Waals surface area contributed by atoms with Gasteiger partial charge in [-0.05, 0) is 19.3 Å². The first kappa shape index (κ1) is 16.3. The first-order chi connectivity index (χ1) is 7.09. The van der Waals surface area contributed by atoms with Crippen molar-refractivity contribution in [1.29, 1.82) is 0 Å². The highest BCUT2D eigenvalue weighted by Gasteiger charge is 2.55. The Morgan fingerprint density at radius 2 is 1.31 bits per heavy atom. The Bertz CT molecular complexity index is 183. The highest BCUT2D eigenvalue weighted by molar-refractivity contribution is 14.1. The maximum Gasteiger partial charge on any atom is 0.400 e. The first-order valence-electron chi connectivity index (χ1n) is 4.86. The Hall–Kier alpha value is 0.310. The summed E-state index contributed by atoms with van der Waals surface area (Å²) in [5.74, 6) is -3.19. The third-order valence-electron chi connectivity index (χ3n) is 2.16. The molecule has 0 N–H and O–H groups in total. The van der Waals surface area contributed by atoms with E-state index in [0.29, 0.717) is 6.42 Å². The van der Waals surface area contributed by atoms with Crippen LogP contribution in [-0.2, 0) is 0 Å². The summed E-state index contributed by atoms with van der Waals surface area (Å²) in [5.41, 5.74) is 0. The van der Waals surface area contributed by atoms with Crippen LogP contribution in [0.3, 0.4) is 0 Å². The lowest BCUT2D eigenvalue weighted by Gasteiger charge is -2.23. The van der Waals surface area contributed by atoms with E-state index in [0.717, 1.165) is 6.42 Å². The molecule has 1 unspecified atom stereocenters. The third kappa shape index (κ3) is 6.15. The maximum atomic E-state index is 12.1. The van der Waals surface area contributed by atoms with Crippen LogP contribution in [-0.4, -0.2) is 16.3 Å². The highest BCUT2D eigenvalue weighted by atomic mass is 127. The number of rotatable bonds is 5. The van der Waals surface area contributed by atoms with E-state index in [4.69, 9.17) is 0 Å². The summed E-state index contributed by atoms with van der Waals surface area (Å²) in [6, 6.07) is 0. The van der Waals surface area contributed by atoms with Gasteiger partial charge in [-0.2, -0.15) is 26.3 Å². The molecule has 7 heteroatoms. The SMILES string of the molecule is CCCC(I)CCC(C(F)(F)F)C(F)(F)F. The van der Waals surface area contributed by atoms with Crippen LogP contribution in [0.1, 0.15) is 32.6 Å². The molecule has 0 nitrogen and oxygen atoms in total. The standard InChI is InChI=1S/C9H13F6I/c1-2-3-6(16)4-5-7(8(10,11)12)9(13,14)15/h6-7H,2-5H2,1H3. The lowest BCUT2D eigenvalue weighted by molar-refractivity contribution is -0.285. The van der Waals surface area contributed by atoms with Crippen molar-refractivity contribution in [2.24, 2.45) is 5.92 Å². The van der Waals surface area contributed by atoms with Crippen molar-refractivity contribution in [3.8, 4) is 0 Å². The average Bonchev–Trinajstić information content (AvgIpc) is 1.99. The van der Waals surface area contributed by atoms with Crippen LogP contribution >= 0.6 is 22.6 Å². The summed E-state index contributed by atoms with van der Waals surface area (Å²) in [7, 11) is 0. The summed E-state index contributed by atoms with van der Waals surface area (Å²) in [6.07, 6.45) is -9.92. The normalized spacial score (nSPS) is 15.6. The molecule has 0 heterocycles. The molecule has 98 valence electrons. The molecule has 0 fully saturated rings. The van der Waals surface area contributed by atoms with E-state index in [-0.39, 0.29) is 10.3 Å². The average molecular weight is 362 g/mol. The molecule has 16 heavy (non-hydrogen) atoms. The summed E-state index contributed by atoms with van der Waals surface area (Å²) >= 11 is 1.90. The maximum absolute atomic E-state index is 12.1. The second-order valence-corrected chi connectivity index (χ2v) is 5.36. The molecule has 0 amide bonds. The van der Waals surface area contributed by atoms with Gasteiger partial charge in [0.2, 0.25) is 0 Å². The zero-order valence-corrected chi connectivity index (χ0v) is 10.8. The number of hydrogen-bond donors (Lipinski definition) is 0. The van der Waals surface area contributed by atoms with Crippen molar-refractivity contribution in [3.05, 3.63) is 0 Å². The molecule has 0 bridgehead atoms. The van der Waals surface area contributed by atoms with E-state index >= 15 is 0 Å². The van der Waals surface area contributed by atoms with E-state index in [1.54, 1.807) is 0 Å². The lowest BCUT2D eigenvalue weighted by atomic mass is 9.99. The van der Waals surface area contributed by atoms with Gasteiger partial charge in [0.25, 0.3) is 0 Å². The van der Waals surface area contributed by atoms with Crippen molar-refractivity contribution in [1.82, 2.24) is 0 Å². The predicted molar refractivity (Wildman–Crippen MR) is 57.6 cm³/mol. The Kier molecular flexibility index (Phi) is 6.42. The van der Waals surface area contributed by atoms with E-state index in [9.17, 15) is 26.3 Å². The summed E-state index contributed by atoms with van der Waals surface area (Å²) in [4.78, 5) is 0. The van der Waals surface area contributed by atoms with Gasteiger partial charge >= 0.3 is 12.4 Å². The van der Waals surface area contributed by atoms with Gasteiger partial charge in [-0.15, -0.1) is 0 Å². The molecule has 0 aliphatic rings.